The Morgan fingerprint density at radius 3 is 2.35 bits per heavy atom. The number of halogens is 3. The molecule has 0 bridgehead atoms. The van der Waals surface area contributed by atoms with E-state index in [0.717, 1.165) is 0 Å². The number of nitrogens with zero attached hydrogens (tertiary/aromatic N) is 1. The molecule has 1 atom stereocenters. The second kappa shape index (κ2) is 5.34. The molecule has 0 spiro atoms. The summed E-state index contributed by atoms with van der Waals surface area (Å²) in [5, 5.41) is 10.5. The van der Waals surface area contributed by atoms with Crippen molar-refractivity contribution in [2.24, 2.45) is 5.92 Å². The number of hydrogen-bond acceptors (Lipinski definition) is 2. The molecule has 1 aromatic rings. The first kappa shape index (κ1) is 13.0. The molecule has 17 heavy (non-hydrogen) atoms. The van der Waals surface area contributed by atoms with Crippen molar-refractivity contribution >= 4 is 11.6 Å². The van der Waals surface area contributed by atoms with Crippen molar-refractivity contribution in [1.29, 1.82) is 5.26 Å². The second-order valence-corrected chi connectivity index (χ2v) is 3.32. The Labute approximate surface area is 95.9 Å². The van der Waals surface area contributed by atoms with Crippen molar-refractivity contribution in [1.82, 2.24) is 0 Å². The number of rotatable bonds is 3. The molecule has 0 aliphatic carbocycles. The first-order valence-electron chi connectivity index (χ1n) is 4.84. The number of benzene rings is 1. The van der Waals surface area contributed by atoms with Crippen LogP contribution in [0.4, 0.5) is 18.9 Å². The molecule has 0 saturated carbocycles. The highest BCUT2D eigenvalue weighted by Gasteiger charge is 2.19. The summed E-state index contributed by atoms with van der Waals surface area (Å²) in [7, 11) is 0. The molecule has 6 heteroatoms. The first-order valence-corrected chi connectivity index (χ1v) is 4.84. The molecule has 90 valence electrons. The summed E-state index contributed by atoms with van der Waals surface area (Å²) in [6.45, 7) is 1.59. The quantitative estimate of drug-likeness (QED) is 0.885. The van der Waals surface area contributed by atoms with Gasteiger partial charge < -0.3 is 5.32 Å². The van der Waals surface area contributed by atoms with Crippen LogP contribution in [-0.4, -0.2) is 5.91 Å². The van der Waals surface area contributed by atoms with E-state index in [4.69, 9.17) is 5.26 Å². The number of hydrogen-bond donors (Lipinski definition) is 1. The Morgan fingerprint density at radius 2 is 1.94 bits per heavy atom. The van der Waals surface area contributed by atoms with Crippen molar-refractivity contribution in [3.05, 3.63) is 29.6 Å². The Hall–Kier alpha value is -2.03. The van der Waals surface area contributed by atoms with Crippen LogP contribution < -0.4 is 5.32 Å². The highest BCUT2D eigenvalue weighted by Crippen LogP contribution is 2.21. The molecular weight excluding hydrogens is 233 g/mol. The Morgan fingerprint density at radius 1 is 1.41 bits per heavy atom. The standard InChI is InChI=1S/C11H9F3N2O/c1-2-6(5-15)11(17)16-10-8(13)3-7(12)4-9(10)14/h3-4,6H,2H2,1H3,(H,16,17). The van der Waals surface area contributed by atoms with Crippen molar-refractivity contribution in [3.63, 3.8) is 0 Å². The zero-order valence-corrected chi connectivity index (χ0v) is 8.93. The number of amides is 1. The number of nitrogens with one attached hydrogen (secondary N) is 1. The summed E-state index contributed by atoms with van der Waals surface area (Å²) in [6.07, 6.45) is 0.215. The van der Waals surface area contributed by atoms with Crippen LogP contribution in [0.5, 0.6) is 0 Å². The lowest BCUT2D eigenvalue weighted by molar-refractivity contribution is -0.118. The van der Waals surface area contributed by atoms with Gasteiger partial charge in [0.05, 0.1) is 6.07 Å². The molecule has 0 heterocycles. The minimum Gasteiger partial charge on any atom is -0.320 e. The third-order valence-electron chi connectivity index (χ3n) is 2.14. The molecule has 0 aliphatic rings. The predicted molar refractivity (Wildman–Crippen MR) is 54.3 cm³/mol. The van der Waals surface area contributed by atoms with E-state index < -0.39 is 35.0 Å². The largest absolute Gasteiger partial charge is 0.320 e. The summed E-state index contributed by atoms with van der Waals surface area (Å²) >= 11 is 0. The SMILES string of the molecule is CCC(C#N)C(=O)Nc1c(F)cc(F)cc1F. The third kappa shape index (κ3) is 2.97. The molecule has 1 N–H and O–H groups in total. The minimum absolute atomic E-state index is 0.215. The van der Waals surface area contributed by atoms with Crippen LogP contribution in [0.25, 0.3) is 0 Å². The van der Waals surface area contributed by atoms with Gasteiger partial charge in [0.25, 0.3) is 0 Å². The fourth-order valence-electron chi connectivity index (χ4n) is 1.21. The predicted octanol–water partition coefficient (Wildman–Crippen LogP) is 2.59. The van der Waals surface area contributed by atoms with E-state index in [0.29, 0.717) is 12.1 Å². The lowest BCUT2D eigenvalue weighted by atomic mass is 10.1. The molecule has 1 aromatic carbocycles. The normalized spacial score (nSPS) is 11.7. The zero-order valence-electron chi connectivity index (χ0n) is 8.93. The van der Waals surface area contributed by atoms with E-state index in [-0.39, 0.29) is 6.42 Å². The zero-order chi connectivity index (χ0) is 13.0. The Balaban J connectivity index is 2.97. The van der Waals surface area contributed by atoms with E-state index in [2.05, 4.69) is 0 Å². The van der Waals surface area contributed by atoms with Gasteiger partial charge in [0, 0.05) is 12.1 Å². The van der Waals surface area contributed by atoms with Gasteiger partial charge >= 0.3 is 0 Å². The number of carbonyl (C=O) groups excluding carboxylic acids is 1. The second-order valence-electron chi connectivity index (χ2n) is 3.32. The van der Waals surface area contributed by atoms with Gasteiger partial charge in [-0.15, -0.1) is 0 Å². The average Bonchev–Trinajstić information content (AvgIpc) is 2.25. The van der Waals surface area contributed by atoms with Crippen LogP contribution in [0, 0.1) is 34.7 Å². The molecule has 1 rings (SSSR count). The fraction of sp³-hybridized carbons (Fsp3) is 0.273. The van der Waals surface area contributed by atoms with Crippen LogP contribution >= 0.6 is 0 Å². The molecule has 3 nitrogen and oxygen atoms in total. The van der Waals surface area contributed by atoms with Crippen molar-refractivity contribution in [2.75, 3.05) is 5.32 Å². The van der Waals surface area contributed by atoms with Crippen LogP contribution in [0.15, 0.2) is 12.1 Å². The molecule has 0 radical (unpaired) electrons. The van der Waals surface area contributed by atoms with E-state index >= 15 is 0 Å². The van der Waals surface area contributed by atoms with Crippen LogP contribution in [0.2, 0.25) is 0 Å². The van der Waals surface area contributed by atoms with Gasteiger partial charge in [-0.05, 0) is 6.42 Å². The Kier molecular flexibility index (Phi) is 4.10. The fourth-order valence-corrected chi connectivity index (χ4v) is 1.21. The maximum absolute atomic E-state index is 13.2. The summed E-state index contributed by atoms with van der Waals surface area (Å²) in [4.78, 5) is 11.4. The molecule has 0 aliphatic heterocycles. The van der Waals surface area contributed by atoms with Gasteiger partial charge in [0.1, 0.15) is 17.4 Å². The summed E-state index contributed by atoms with van der Waals surface area (Å²) < 4.78 is 38.9. The topological polar surface area (TPSA) is 52.9 Å². The summed E-state index contributed by atoms with van der Waals surface area (Å²) in [6, 6.07) is 2.59. The van der Waals surface area contributed by atoms with Gasteiger partial charge in [-0.25, -0.2) is 13.2 Å². The molecule has 0 saturated heterocycles. The van der Waals surface area contributed by atoms with Gasteiger partial charge in [-0.3, -0.25) is 4.79 Å². The van der Waals surface area contributed by atoms with Crippen molar-refractivity contribution in [3.8, 4) is 6.07 Å². The lowest BCUT2D eigenvalue weighted by Crippen LogP contribution is -2.22. The van der Waals surface area contributed by atoms with Crippen LogP contribution in [0.1, 0.15) is 13.3 Å². The van der Waals surface area contributed by atoms with Gasteiger partial charge in [0.2, 0.25) is 5.91 Å². The molecular formula is C11H9F3N2O. The average molecular weight is 242 g/mol. The number of anilines is 1. The smallest absolute Gasteiger partial charge is 0.241 e. The van der Waals surface area contributed by atoms with Crippen molar-refractivity contribution < 1.29 is 18.0 Å². The van der Waals surface area contributed by atoms with Crippen LogP contribution in [0.3, 0.4) is 0 Å². The monoisotopic (exact) mass is 242 g/mol. The van der Waals surface area contributed by atoms with E-state index in [1.165, 1.54) is 0 Å². The van der Waals surface area contributed by atoms with Gasteiger partial charge in [-0.2, -0.15) is 5.26 Å². The lowest BCUT2D eigenvalue weighted by Gasteiger charge is -2.09. The highest BCUT2D eigenvalue weighted by atomic mass is 19.1. The van der Waals surface area contributed by atoms with Gasteiger partial charge in [-0.1, -0.05) is 6.92 Å². The number of nitriles is 1. The third-order valence-corrected chi connectivity index (χ3v) is 2.14. The summed E-state index contributed by atoms with van der Waals surface area (Å²) in [5.74, 6) is -5.34. The molecule has 0 aromatic heterocycles. The van der Waals surface area contributed by atoms with E-state index in [1.54, 1.807) is 13.0 Å². The molecule has 1 unspecified atom stereocenters. The maximum atomic E-state index is 13.2. The van der Waals surface area contributed by atoms with E-state index in [9.17, 15) is 18.0 Å². The summed E-state index contributed by atoms with van der Waals surface area (Å²) in [5.41, 5.74) is -0.745. The molecule has 0 fully saturated rings. The maximum Gasteiger partial charge on any atom is 0.241 e. The van der Waals surface area contributed by atoms with Crippen LogP contribution in [-0.2, 0) is 4.79 Å². The highest BCUT2D eigenvalue weighted by molar-refractivity contribution is 5.94. The minimum atomic E-state index is -1.22. The first-order chi connectivity index (χ1) is 7.99. The number of carbonyl (C=O) groups is 1. The van der Waals surface area contributed by atoms with E-state index in [1.807, 2.05) is 5.32 Å². The Bertz CT molecular complexity index is 459. The molecule has 1 amide bonds. The van der Waals surface area contributed by atoms with Crippen molar-refractivity contribution in [2.45, 2.75) is 13.3 Å². The van der Waals surface area contributed by atoms with Gasteiger partial charge in [0.15, 0.2) is 11.6 Å².